The molecule has 5 nitrogen and oxygen atoms in total. The Labute approximate surface area is 151 Å². The van der Waals surface area contributed by atoms with E-state index in [9.17, 15) is 18.3 Å². The standard InChI is InChI=1S/C17H17F3N4OS/c18-17(19,20)11-3-1-2-10(8-11)14-9-24-16(22-14)26-15(23-24)21-12-4-6-13(25)7-5-12/h1-3,8-9,12-13,25H,4-7H2,(H,21,23). The van der Waals surface area contributed by atoms with Gasteiger partial charge in [0.05, 0.1) is 23.6 Å². The van der Waals surface area contributed by atoms with Crippen LogP contribution >= 0.6 is 11.3 Å². The molecular weight excluding hydrogens is 365 g/mol. The monoisotopic (exact) mass is 382 g/mol. The second-order valence-electron chi connectivity index (χ2n) is 6.49. The van der Waals surface area contributed by atoms with Crippen molar-refractivity contribution in [1.82, 2.24) is 14.6 Å². The molecule has 1 fully saturated rings. The lowest BCUT2D eigenvalue weighted by Crippen LogP contribution is -2.28. The summed E-state index contributed by atoms with van der Waals surface area (Å²) < 4.78 is 40.2. The Hall–Kier alpha value is -2.13. The lowest BCUT2D eigenvalue weighted by Gasteiger charge is -2.25. The first kappa shape index (κ1) is 17.3. The van der Waals surface area contributed by atoms with Gasteiger partial charge in [-0.1, -0.05) is 23.5 Å². The second kappa shape index (κ2) is 6.55. The van der Waals surface area contributed by atoms with Gasteiger partial charge in [-0.25, -0.2) is 9.50 Å². The van der Waals surface area contributed by atoms with Gasteiger partial charge in [0.25, 0.3) is 0 Å². The minimum absolute atomic E-state index is 0.211. The van der Waals surface area contributed by atoms with Gasteiger partial charge in [0.15, 0.2) is 0 Å². The topological polar surface area (TPSA) is 62.5 Å². The highest BCUT2D eigenvalue weighted by atomic mass is 32.1. The zero-order chi connectivity index (χ0) is 18.3. The van der Waals surface area contributed by atoms with Crippen molar-refractivity contribution in [1.29, 1.82) is 0 Å². The van der Waals surface area contributed by atoms with Crippen molar-refractivity contribution < 1.29 is 18.3 Å². The van der Waals surface area contributed by atoms with Crippen LogP contribution in [0.5, 0.6) is 0 Å². The van der Waals surface area contributed by atoms with Crippen LogP contribution in [0.4, 0.5) is 18.3 Å². The number of anilines is 1. The third-order valence-corrected chi connectivity index (χ3v) is 5.41. The van der Waals surface area contributed by atoms with E-state index in [0.717, 1.165) is 42.9 Å². The van der Waals surface area contributed by atoms with Gasteiger partial charge in [0.1, 0.15) is 0 Å². The van der Waals surface area contributed by atoms with Gasteiger partial charge in [-0.2, -0.15) is 13.2 Å². The number of fused-ring (bicyclic) bond motifs is 1. The summed E-state index contributed by atoms with van der Waals surface area (Å²) in [6, 6.07) is 5.40. The van der Waals surface area contributed by atoms with Crippen molar-refractivity contribution in [3.8, 4) is 11.3 Å². The number of aliphatic hydroxyl groups excluding tert-OH is 1. The number of nitrogens with zero attached hydrogens (tertiary/aromatic N) is 3. The van der Waals surface area contributed by atoms with Gasteiger partial charge in [-0.15, -0.1) is 5.10 Å². The predicted octanol–water partition coefficient (Wildman–Crippen LogP) is 4.19. The van der Waals surface area contributed by atoms with Crippen molar-refractivity contribution >= 4 is 21.4 Å². The van der Waals surface area contributed by atoms with Gasteiger partial charge >= 0.3 is 6.18 Å². The number of nitrogens with one attached hydrogen (secondary N) is 1. The van der Waals surface area contributed by atoms with Crippen molar-refractivity contribution in [3.05, 3.63) is 36.0 Å². The molecule has 0 atom stereocenters. The third kappa shape index (κ3) is 3.54. The van der Waals surface area contributed by atoms with Crippen LogP contribution < -0.4 is 5.32 Å². The zero-order valence-corrected chi connectivity index (χ0v) is 14.5. The molecule has 1 saturated carbocycles. The maximum Gasteiger partial charge on any atom is 0.416 e. The second-order valence-corrected chi connectivity index (χ2v) is 7.44. The SMILES string of the molecule is OC1CCC(Nc2nn3cc(-c4cccc(C(F)(F)F)c4)nc3s2)CC1. The van der Waals surface area contributed by atoms with Crippen molar-refractivity contribution in [2.75, 3.05) is 5.32 Å². The smallest absolute Gasteiger partial charge is 0.393 e. The minimum atomic E-state index is -4.38. The van der Waals surface area contributed by atoms with Gasteiger partial charge in [-0.05, 0) is 37.8 Å². The molecule has 2 aromatic heterocycles. The predicted molar refractivity (Wildman–Crippen MR) is 93.2 cm³/mol. The third-order valence-electron chi connectivity index (χ3n) is 4.55. The fraction of sp³-hybridized carbons (Fsp3) is 0.412. The zero-order valence-electron chi connectivity index (χ0n) is 13.7. The fourth-order valence-electron chi connectivity index (χ4n) is 3.15. The van der Waals surface area contributed by atoms with E-state index in [2.05, 4.69) is 15.4 Å². The first-order valence-electron chi connectivity index (χ1n) is 8.37. The first-order chi connectivity index (χ1) is 12.4. The molecule has 1 aliphatic carbocycles. The molecule has 9 heteroatoms. The van der Waals surface area contributed by atoms with Crippen molar-refractivity contribution in [3.63, 3.8) is 0 Å². The largest absolute Gasteiger partial charge is 0.416 e. The average Bonchev–Trinajstić information content (AvgIpc) is 3.15. The van der Waals surface area contributed by atoms with E-state index >= 15 is 0 Å². The molecule has 0 unspecified atom stereocenters. The molecule has 138 valence electrons. The molecule has 1 aliphatic rings. The van der Waals surface area contributed by atoms with Crippen LogP contribution in [0, 0.1) is 0 Å². The van der Waals surface area contributed by atoms with Crippen molar-refractivity contribution in [2.24, 2.45) is 0 Å². The van der Waals surface area contributed by atoms with Gasteiger partial charge < -0.3 is 10.4 Å². The fourth-order valence-corrected chi connectivity index (χ4v) is 4.01. The molecule has 3 aromatic rings. The number of imidazole rings is 1. The highest BCUT2D eigenvalue weighted by molar-refractivity contribution is 7.20. The molecular formula is C17H17F3N4OS. The van der Waals surface area contributed by atoms with E-state index in [0.29, 0.717) is 16.2 Å². The van der Waals surface area contributed by atoms with E-state index in [1.165, 1.54) is 17.4 Å². The molecule has 0 aliphatic heterocycles. The molecule has 2 heterocycles. The van der Waals surface area contributed by atoms with Gasteiger partial charge in [0, 0.05) is 11.6 Å². The highest BCUT2D eigenvalue weighted by Crippen LogP contribution is 2.33. The summed E-state index contributed by atoms with van der Waals surface area (Å²) >= 11 is 1.36. The number of rotatable bonds is 3. The molecule has 4 rings (SSSR count). The van der Waals surface area contributed by atoms with Gasteiger partial charge in [-0.3, -0.25) is 0 Å². The summed E-state index contributed by atoms with van der Waals surface area (Å²) in [6.45, 7) is 0. The van der Waals surface area contributed by atoms with Crippen LogP contribution in [0.25, 0.3) is 16.2 Å². The van der Waals surface area contributed by atoms with Crippen LogP contribution in [0.2, 0.25) is 0 Å². The lowest BCUT2D eigenvalue weighted by atomic mass is 9.93. The van der Waals surface area contributed by atoms with Crippen LogP contribution in [-0.2, 0) is 6.18 Å². The Balaban J connectivity index is 1.53. The Morgan fingerprint density at radius 3 is 2.65 bits per heavy atom. The number of hydrogen-bond donors (Lipinski definition) is 2. The number of aromatic nitrogens is 3. The molecule has 0 bridgehead atoms. The van der Waals surface area contributed by atoms with Crippen LogP contribution in [0.3, 0.4) is 0 Å². The lowest BCUT2D eigenvalue weighted by molar-refractivity contribution is -0.137. The number of aliphatic hydroxyl groups is 1. The summed E-state index contributed by atoms with van der Waals surface area (Å²) in [4.78, 5) is 5.02. The normalized spacial score (nSPS) is 21.2. The van der Waals surface area contributed by atoms with Crippen molar-refractivity contribution in [2.45, 2.75) is 44.0 Å². The maximum atomic E-state index is 12.9. The Kier molecular flexibility index (Phi) is 4.36. The van der Waals surface area contributed by atoms with E-state index in [1.807, 2.05) is 0 Å². The Bertz CT molecular complexity index is 881. The Morgan fingerprint density at radius 1 is 1.19 bits per heavy atom. The van der Waals surface area contributed by atoms with Crippen LogP contribution in [0.1, 0.15) is 31.2 Å². The highest BCUT2D eigenvalue weighted by Gasteiger charge is 2.30. The molecule has 1 aromatic carbocycles. The number of benzene rings is 1. The first-order valence-corrected chi connectivity index (χ1v) is 9.18. The summed E-state index contributed by atoms with van der Waals surface area (Å²) in [6.07, 6.45) is 0.376. The summed E-state index contributed by atoms with van der Waals surface area (Å²) in [5.41, 5.74) is 0.177. The number of halogens is 3. The molecule has 0 saturated heterocycles. The molecule has 2 N–H and O–H groups in total. The van der Waals surface area contributed by atoms with Crippen LogP contribution in [0.15, 0.2) is 30.5 Å². The van der Waals surface area contributed by atoms with E-state index in [4.69, 9.17) is 0 Å². The minimum Gasteiger partial charge on any atom is -0.393 e. The Morgan fingerprint density at radius 2 is 1.96 bits per heavy atom. The van der Waals surface area contributed by atoms with Gasteiger partial charge in [0.2, 0.25) is 10.1 Å². The van der Waals surface area contributed by atoms with Crippen LogP contribution in [-0.4, -0.2) is 31.9 Å². The maximum absolute atomic E-state index is 12.9. The molecule has 0 amide bonds. The molecule has 0 radical (unpaired) electrons. The summed E-state index contributed by atoms with van der Waals surface area (Å²) in [5.74, 6) is 0. The summed E-state index contributed by atoms with van der Waals surface area (Å²) in [7, 11) is 0. The average molecular weight is 382 g/mol. The number of alkyl halides is 3. The van der Waals surface area contributed by atoms with E-state index in [-0.39, 0.29) is 12.1 Å². The van der Waals surface area contributed by atoms with E-state index < -0.39 is 11.7 Å². The molecule has 0 spiro atoms. The number of hydrogen-bond acceptors (Lipinski definition) is 5. The summed E-state index contributed by atoms with van der Waals surface area (Å²) in [5, 5.41) is 18.1. The van der Waals surface area contributed by atoms with E-state index in [1.54, 1.807) is 16.8 Å². The quantitative estimate of drug-likeness (QED) is 0.713. The molecule has 26 heavy (non-hydrogen) atoms.